The molecular weight excluding hydrogens is 542 g/mol. The van der Waals surface area contributed by atoms with Crippen molar-refractivity contribution >= 4 is 40.7 Å². The number of aliphatic imine (C=N–C) groups is 1. The van der Waals surface area contributed by atoms with Gasteiger partial charge in [0.05, 0.1) is 28.0 Å². The van der Waals surface area contributed by atoms with Gasteiger partial charge in [0.2, 0.25) is 5.91 Å². The van der Waals surface area contributed by atoms with Gasteiger partial charge in [-0.25, -0.2) is 4.98 Å². The number of nitrogens with two attached hydrogens (primary N) is 1. The molecule has 0 saturated carbocycles. The van der Waals surface area contributed by atoms with Gasteiger partial charge in [0.25, 0.3) is 11.5 Å². The molecule has 1 atom stereocenters. The van der Waals surface area contributed by atoms with Crippen LogP contribution in [0.25, 0.3) is 28.7 Å². The third kappa shape index (κ3) is 6.74. The van der Waals surface area contributed by atoms with Gasteiger partial charge in [-0.2, -0.15) is 0 Å². The maximum absolute atomic E-state index is 14.1. The Hall–Kier alpha value is -5.82. The highest BCUT2D eigenvalue weighted by Gasteiger charge is 2.23. The zero-order chi connectivity index (χ0) is 30.9. The molecule has 4 N–H and O–H groups in total. The van der Waals surface area contributed by atoms with Crippen LogP contribution in [0.15, 0.2) is 89.3 Å². The van der Waals surface area contributed by atoms with Crippen molar-refractivity contribution in [3.63, 3.8) is 0 Å². The van der Waals surface area contributed by atoms with Gasteiger partial charge < -0.3 is 16.4 Å². The summed E-state index contributed by atoms with van der Waals surface area (Å²) >= 11 is 0. The van der Waals surface area contributed by atoms with Crippen LogP contribution in [0.1, 0.15) is 30.8 Å². The van der Waals surface area contributed by atoms with Crippen molar-refractivity contribution in [2.75, 3.05) is 13.6 Å². The number of para-hydroxylation sites is 1. The van der Waals surface area contributed by atoms with Crippen molar-refractivity contribution in [3.8, 4) is 17.5 Å². The maximum Gasteiger partial charge on any atom is 0.267 e. The molecule has 0 bridgehead atoms. The second-order valence-corrected chi connectivity index (χ2v) is 9.38. The lowest BCUT2D eigenvalue weighted by molar-refractivity contribution is -0.117. The number of fused-ring (bicyclic) bond motifs is 1. The number of aromatic nitrogens is 3. The molecule has 0 aliphatic carbocycles. The minimum atomic E-state index is -0.746. The van der Waals surface area contributed by atoms with E-state index in [2.05, 4.69) is 45.6 Å². The fourth-order valence-corrected chi connectivity index (χ4v) is 4.40. The topological polar surface area (TPSA) is 144 Å². The molecular formula is C33H31N7O3. The van der Waals surface area contributed by atoms with Crippen molar-refractivity contribution in [2.45, 2.75) is 19.4 Å². The van der Waals surface area contributed by atoms with E-state index in [1.54, 1.807) is 55.6 Å². The molecule has 10 heteroatoms. The Labute approximate surface area is 248 Å². The SMILES string of the molecule is C=CC(=O)NCCC#Cc1cccc2nc(C(C)NC(=O)/C(C(N)=NC)=c3\ncccc3=C)n(-c3ccccc3)c(=O)c12. The Morgan fingerprint density at radius 1 is 1.14 bits per heavy atom. The van der Waals surface area contributed by atoms with Gasteiger partial charge in [0.15, 0.2) is 0 Å². The monoisotopic (exact) mass is 573 g/mol. The van der Waals surface area contributed by atoms with E-state index in [0.717, 1.165) is 0 Å². The van der Waals surface area contributed by atoms with Crippen LogP contribution < -0.4 is 32.5 Å². The Morgan fingerprint density at radius 3 is 2.60 bits per heavy atom. The van der Waals surface area contributed by atoms with Crippen LogP contribution in [0, 0.1) is 11.8 Å². The van der Waals surface area contributed by atoms with Crippen molar-refractivity contribution in [3.05, 3.63) is 112 Å². The number of nitrogens with one attached hydrogen (secondary N) is 2. The number of benzene rings is 2. The molecule has 0 saturated heterocycles. The molecule has 2 aromatic carbocycles. The summed E-state index contributed by atoms with van der Waals surface area (Å²) < 4.78 is 1.47. The molecule has 0 spiro atoms. The van der Waals surface area contributed by atoms with Crippen molar-refractivity contribution in [1.82, 2.24) is 25.2 Å². The minimum absolute atomic E-state index is 0.00695. The van der Waals surface area contributed by atoms with Crippen LogP contribution in [0.5, 0.6) is 0 Å². The van der Waals surface area contributed by atoms with Gasteiger partial charge in [-0.1, -0.05) is 55.3 Å². The number of carbonyl (C=O) groups is 2. The Bertz CT molecular complexity index is 1970. The number of hydrogen-bond donors (Lipinski definition) is 3. The average Bonchev–Trinajstić information content (AvgIpc) is 3.01. The zero-order valence-corrected chi connectivity index (χ0v) is 23.9. The van der Waals surface area contributed by atoms with Crippen LogP contribution in [0.3, 0.4) is 0 Å². The number of pyridine rings is 1. The number of nitrogens with zero attached hydrogens (tertiary/aromatic N) is 4. The lowest BCUT2D eigenvalue weighted by atomic mass is 10.1. The summed E-state index contributed by atoms with van der Waals surface area (Å²) in [5, 5.41) is 6.73. The van der Waals surface area contributed by atoms with E-state index in [1.165, 1.54) is 17.7 Å². The number of carbonyl (C=O) groups excluding carboxylic acids is 2. The van der Waals surface area contributed by atoms with Crippen molar-refractivity contribution < 1.29 is 9.59 Å². The van der Waals surface area contributed by atoms with Crippen LogP contribution in [0.4, 0.5) is 0 Å². The van der Waals surface area contributed by atoms with E-state index in [0.29, 0.717) is 51.5 Å². The predicted molar refractivity (Wildman–Crippen MR) is 169 cm³/mol. The van der Waals surface area contributed by atoms with Gasteiger partial charge >= 0.3 is 0 Å². The smallest absolute Gasteiger partial charge is 0.267 e. The van der Waals surface area contributed by atoms with Crippen LogP contribution in [-0.4, -0.2) is 45.8 Å². The van der Waals surface area contributed by atoms with Crippen molar-refractivity contribution in [2.24, 2.45) is 10.7 Å². The lowest BCUT2D eigenvalue weighted by Gasteiger charge is -2.20. The second kappa shape index (κ2) is 13.7. The Kier molecular flexibility index (Phi) is 9.60. The first-order valence-electron chi connectivity index (χ1n) is 13.4. The fourth-order valence-electron chi connectivity index (χ4n) is 4.40. The summed E-state index contributed by atoms with van der Waals surface area (Å²) in [7, 11) is 1.48. The van der Waals surface area contributed by atoms with Crippen LogP contribution in [0.2, 0.25) is 0 Å². The summed E-state index contributed by atoms with van der Waals surface area (Å²) in [6.07, 6.45) is 3.12. The third-order valence-corrected chi connectivity index (χ3v) is 6.48. The number of amides is 2. The highest BCUT2D eigenvalue weighted by Crippen LogP contribution is 2.20. The van der Waals surface area contributed by atoms with E-state index in [-0.39, 0.29) is 22.9 Å². The number of amidine groups is 1. The first kappa shape index (κ1) is 30.1. The Morgan fingerprint density at radius 2 is 1.91 bits per heavy atom. The molecule has 0 radical (unpaired) electrons. The third-order valence-electron chi connectivity index (χ3n) is 6.48. The van der Waals surface area contributed by atoms with E-state index >= 15 is 0 Å². The van der Waals surface area contributed by atoms with Gasteiger partial charge in [0.1, 0.15) is 17.2 Å². The molecule has 216 valence electrons. The summed E-state index contributed by atoms with van der Waals surface area (Å²) in [4.78, 5) is 52.3. The standard InChI is InChI=1S/C33H31N7O3/c1-5-26(41)36-19-10-9-14-23-15-11-18-25-27(23)33(43)40(24-16-7-6-8-17-24)31(39-25)22(3)38-32(42)28(30(34)35-4)29-21(2)13-12-20-37-29/h5-8,11-13,15-18,20,22H,1-2,10,19H2,3-4H3,(H2,34,35)(H,36,41)(H,38,42)/b29-28-. The summed E-state index contributed by atoms with van der Waals surface area (Å²) in [6, 6.07) is 16.9. The summed E-state index contributed by atoms with van der Waals surface area (Å²) in [6.45, 7) is 9.46. The van der Waals surface area contributed by atoms with Crippen LogP contribution >= 0.6 is 0 Å². The number of hydrogen-bond acceptors (Lipinski definition) is 6. The first-order chi connectivity index (χ1) is 20.8. The minimum Gasteiger partial charge on any atom is -0.383 e. The van der Waals surface area contributed by atoms with Crippen LogP contribution in [-0.2, 0) is 9.59 Å². The molecule has 43 heavy (non-hydrogen) atoms. The highest BCUT2D eigenvalue weighted by molar-refractivity contribution is 6.41. The molecule has 0 aliphatic rings. The molecule has 2 aromatic heterocycles. The van der Waals surface area contributed by atoms with Gasteiger partial charge in [-0.3, -0.25) is 28.9 Å². The summed E-state index contributed by atoms with van der Waals surface area (Å²) in [5.41, 5.74) is 7.33. The summed E-state index contributed by atoms with van der Waals surface area (Å²) in [5.74, 6) is 5.52. The van der Waals surface area contributed by atoms with E-state index in [9.17, 15) is 14.4 Å². The normalized spacial score (nSPS) is 12.5. The predicted octanol–water partition coefficient (Wildman–Crippen LogP) is 1.25. The van der Waals surface area contributed by atoms with E-state index in [1.807, 2.05) is 18.2 Å². The maximum atomic E-state index is 14.1. The highest BCUT2D eigenvalue weighted by atomic mass is 16.2. The average molecular weight is 574 g/mol. The molecule has 2 heterocycles. The van der Waals surface area contributed by atoms with E-state index in [4.69, 9.17) is 10.7 Å². The number of rotatable bonds is 8. The van der Waals surface area contributed by atoms with Gasteiger partial charge in [0, 0.05) is 31.8 Å². The quantitative estimate of drug-likeness (QED) is 0.0952. The molecule has 1 unspecified atom stereocenters. The molecule has 4 rings (SSSR count). The molecule has 10 nitrogen and oxygen atoms in total. The van der Waals surface area contributed by atoms with Gasteiger partial charge in [-0.15, -0.1) is 0 Å². The molecule has 2 amide bonds. The van der Waals surface area contributed by atoms with Crippen molar-refractivity contribution in [1.29, 1.82) is 0 Å². The first-order valence-corrected chi connectivity index (χ1v) is 13.4. The Balaban J connectivity index is 1.82. The zero-order valence-electron chi connectivity index (χ0n) is 23.9. The second-order valence-electron chi connectivity index (χ2n) is 9.38. The van der Waals surface area contributed by atoms with E-state index < -0.39 is 11.9 Å². The molecule has 0 aliphatic heterocycles. The lowest BCUT2D eigenvalue weighted by Crippen LogP contribution is -2.42. The molecule has 0 fully saturated rings. The largest absolute Gasteiger partial charge is 0.383 e. The molecule has 4 aromatic rings. The van der Waals surface area contributed by atoms with Gasteiger partial charge in [-0.05, 0) is 48.6 Å². The fraction of sp³-hybridized carbons (Fsp3) is 0.152.